The van der Waals surface area contributed by atoms with Crippen molar-refractivity contribution in [3.05, 3.63) is 70.8 Å². The summed E-state index contributed by atoms with van der Waals surface area (Å²) in [5.41, 5.74) is 1.65. The van der Waals surface area contributed by atoms with E-state index in [4.69, 9.17) is 9.51 Å². The normalized spacial score (nSPS) is 15.0. The van der Waals surface area contributed by atoms with Gasteiger partial charge in [0, 0.05) is 11.6 Å². The predicted octanol–water partition coefficient (Wildman–Crippen LogP) is 4.63. The van der Waals surface area contributed by atoms with Crippen molar-refractivity contribution < 1.29 is 4.52 Å². The molecule has 5 rings (SSSR count). The molecular weight excluding hydrogens is 372 g/mol. The Labute approximate surface area is 165 Å². The molecule has 2 aromatic heterocycles. The van der Waals surface area contributed by atoms with E-state index >= 15 is 0 Å². The number of rotatable bonds is 5. The highest BCUT2D eigenvalue weighted by atomic mass is 32.2. The largest absolute Gasteiger partial charge is 0.338 e. The number of hydrogen-bond donors (Lipinski definition) is 0. The molecule has 1 atom stereocenters. The number of benzene rings is 2. The monoisotopic (exact) mass is 390 g/mol. The summed E-state index contributed by atoms with van der Waals surface area (Å²) in [4.78, 5) is 22.3. The van der Waals surface area contributed by atoms with Crippen LogP contribution in [-0.2, 0) is 0 Å². The molecule has 140 valence electrons. The zero-order valence-electron chi connectivity index (χ0n) is 15.3. The van der Waals surface area contributed by atoms with E-state index in [1.165, 1.54) is 11.8 Å². The number of hydrogen-bond acceptors (Lipinski definition) is 6. The first kappa shape index (κ1) is 17.2. The summed E-state index contributed by atoms with van der Waals surface area (Å²) in [6.45, 7) is 1.99. The Morgan fingerprint density at radius 3 is 2.61 bits per heavy atom. The van der Waals surface area contributed by atoms with Gasteiger partial charge < -0.3 is 4.52 Å². The van der Waals surface area contributed by atoms with Gasteiger partial charge in [0.05, 0.1) is 16.2 Å². The molecule has 1 saturated carbocycles. The molecule has 0 bridgehead atoms. The number of thioether (sulfide) groups is 1. The molecule has 2 heterocycles. The Morgan fingerprint density at radius 1 is 1.07 bits per heavy atom. The van der Waals surface area contributed by atoms with Crippen LogP contribution in [0, 0.1) is 0 Å². The minimum Gasteiger partial charge on any atom is -0.338 e. The Balaban J connectivity index is 1.49. The van der Waals surface area contributed by atoms with E-state index in [2.05, 4.69) is 10.1 Å². The zero-order chi connectivity index (χ0) is 19.1. The highest BCUT2D eigenvalue weighted by Crippen LogP contribution is 2.40. The van der Waals surface area contributed by atoms with Gasteiger partial charge in [-0.05, 0) is 31.9 Å². The van der Waals surface area contributed by atoms with E-state index in [0.717, 1.165) is 23.9 Å². The second kappa shape index (κ2) is 6.91. The van der Waals surface area contributed by atoms with Crippen molar-refractivity contribution in [1.29, 1.82) is 0 Å². The summed E-state index contributed by atoms with van der Waals surface area (Å²) in [5.74, 6) is 1.09. The maximum atomic E-state index is 13.0. The molecule has 0 aliphatic heterocycles. The van der Waals surface area contributed by atoms with Crippen LogP contribution in [0.5, 0.6) is 0 Å². The van der Waals surface area contributed by atoms with Gasteiger partial charge in [0.1, 0.15) is 0 Å². The summed E-state index contributed by atoms with van der Waals surface area (Å²) in [6, 6.07) is 17.5. The van der Waals surface area contributed by atoms with Crippen molar-refractivity contribution in [3.63, 3.8) is 0 Å². The van der Waals surface area contributed by atoms with Crippen LogP contribution < -0.4 is 5.56 Å². The molecule has 0 amide bonds. The lowest BCUT2D eigenvalue weighted by molar-refractivity contribution is 0.380. The average molecular weight is 390 g/mol. The Bertz CT molecular complexity index is 1200. The first-order chi connectivity index (χ1) is 13.7. The number of aromatic nitrogens is 4. The van der Waals surface area contributed by atoms with Crippen molar-refractivity contribution in [3.8, 4) is 11.4 Å². The lowest BCUT2D eigenvalue weighted by Crippen LogP contribution is -2.22. The lowest BCUT2D eigenvalue weighted by Gasteiger charge is -2.14. The molecule has 0 spiro atoms. The minimum atomic E-state index is -0.122. The minimum absolute atomic E-state index is 0.0262. The van der Waals surface area contributed by atoms with Gasteiger partial charge in [-0.25, -0.2) is 4.98 Å². The summed E-state index contributed by atoms with van der Waals surface area (Å²) in [7, 11) is 0. The van der Waals surface area contributed by atoms with Crippen molar-refractivity contribution >= 4 is 22.7 Å². The Morgan fingerprint density at radius 2 is 1.82 bits per heavy atom. The van der Waals surface area contributed by atoms with Crippen LogP contribution in [-0.4, -0.2) is 19.7 Å². The Hall–Kier alpha value is -2.93. The second-order valence-corrected chi connectivity index (χ2v) is 8.21. The van der Waals surface area contributed by atoms with Gasteiger partial charge in [-0.15, -0.1) is 0 Å². The predicted molar refractivity (Wildman–Crippen MR) is 108 cm³/mol. The van der Waals surface area contributed by atoms with E-state index < -0.39 is 0 Å². The fraction of sp³-hybridized carbons (Fsp3) is 0.238. The van der Waals surface area contributed by atoms with Crippen LogP contribution >= 0.6 is 11.8 Å². The van der Waals surface area contributed by atoms with Crippen molar-refractivity contribution in [2.24, 2.45) is 0 Å². The number of para-hydroxylation sites is 1. The molecule has 2 aromatic carbocycles. The highest BCUT2D eigenvalue weighted by molar-refractivity contribution is 7.99. The average Bonchev–Trinajstić information content (AvgIpc) is 3.43. The fourth-order valence-corrected chi connectivity index (χ4v) is 4.19. The molecule has 1 unspecified atom stereocenters. The number of nitrogens with zero attached hydrogens (tertiary/aromatic N) is 4. The van der Waals surface area contributed by atoms with Crippen molar-refractivity contribution in [2.75, 3.05) is 0 Å². The maximum absolute atomic E-state index is 13.0. The zero-order valence-corrected chi connectivity index (χ0v) is 16.1. The third-order valence-electron chi connectivity index (χ3n) is 4.79. The standard InChI is InChI=1S/C21H18N4O2S/c1-13(19-23-18(24-27-19)14-7-3-2-4-8-14)28-21-22-17-10-6-5-9-16(17)20(26)25(21)15-11-12-15/h2-10,13,15H,11-12H2,1H3. The third kappa shape index (κ3) is 3.11. The van der Waals surface area contributed by atoms with Gasteiger partial charge in [-0.3, -0.25) is 9.36 Å². The van der Waals surface area contributed by atoms with Crippen LogP contribution in [0.3, 0.4) is 0 Å². The molecule has 0 N–H and O–H groups in total. The van der Waals surface area contributed by atoms with Gasteiger partial charge >= 0.3 is 0 Å². The van der Waals surface area contributed by atoms with Gasteiger partial charge in [0.2, 0.25) is 11.7 Å². The first-order valence-corrected chi connectivity index (χ1v) is 10.2. The molecule has 6 nitrogen and oxygen atoms in total. The van der Waals surface area contributed by atoms with Gasteiger partial charge in [-0.1, -0.05) is 59.4 Å². The molecule has 0 radical (unpaired) electrons. The summed E-state index contributed by atoms with van der Waals surface area (Å²) in [6.07, 6.45) is 2.03. The highest BCUT2D eigenvalue weighted by Gasteiger charge is 2.30. The molecule has 1 aliphatic rings. The summed E-state index contributed by atoms with van der Waals surface area (Å²) in [5, 5.41) is 5.35. The third-order valence-corrected chi connectivity index (χ3v) is 5.85. The van der Waals surface area contributed by atoms with Gasteiger partial charge in [-0.2, -0.15) is 4.98 Å². The van der Waals surface area contributed by atoms with Crippen LogP contribution in [0.25, 0.3) is 22.3 Å². The molecule has 7 heteroatoms. The van der Waals surface area contributed by atoms with Crippen LogP contribution in [0.4, 0.5) is 0 Å². The topological polar surface area (TPSA) is 73.8 Å². The molecule has 1 fully saturated rings. The van der Waals surface area contributed by atoms with Crippen LogP contribution in [0.2, 0.25) is 0 Å². The lowest BCUT2D eigenvalue weighted by atomic mass is 10.2. The van der Waals surface area contributed by atoms with E-state index in [9.17, 15) is 4.79 Å². The molecule has 0 saturated heterocycles. The maximum Gasteiger partial charge on any atom is 0.262 e. The van der Waals surface area contributed by atoms with Gasteiger partial charge in [0.15, 0.2) is 5.16 Å². The molecule has 28 heavy (non-hydrogen) atoms. The van der Waals surface area contributed by atoms with Crippen molar-refractivity contribution in [1.82, 2.24) is 19.7 Å². The van der Waals surface area contributed by atoms with E-state index in [1.807, 2.05) is 66.1 Å². The molecular formula is C21H18N4O2S. The van der Waals surface area contributed by atoms with Crippen LogP contribution in [0.1, 0.15) is 36.9 Å². The van der Waals surface area contributed by atoms with E-state index in [0.29, 0.717) is 22.3 Å². The first-order valence-electron chi connectivity index (χ1n) is 9.27. The smallest absolute Gasteiger partial charge is 0.262 e. The quantitative estimate of drug-likeness (QED) is 0.365. The van der Waals surface area contributed by atoms with E-state index in [-0.39, 0.29) is 16.9 Å². The molecule has 4 aromatic rings. The second-order valence-electron chi connectivity index (χ2n) is 6.90. The van der Waals surface area contributed by atoms with E-state index in [1.54, 1.807) is 0 Å². The summed E-state index contributed by atoms with van der Waals surface area (Å²) >= 11 is 1.48. The summed E-state index contributed by atoms with van der Waals surface area (Å²) < 4.78 is 7.32. The fourth-order valence-electron chi connectivity index (χ4n) is 3.18. The Kier molecular flexibility index (Phi) is 4.24. The van der Waals surface area contributed by atoms with Crippen molar-refractivity contribution in [2.45, 2.75) is 36.2 Å². The SMILES string of the molecule is CC(Sc1nc2ccccc2c(=O)n1C1CC1)c1nc(-c2ccccc2)no1. The number of fused-ring (bicyclic) bond motifs is 1. The van der Waals surface area contributed by atoms with Crippen LogP contribution in [0.15, 0.2) is 69.1 Å². The molecule has 1 aliphatic carbocycles. The van der Waals surface area contributed by atoms with Gasteiger partial charge in [0.25, 0.3) is 5.56 Å².